The Morgan fingerprint density at radius 3 is 1.47 bits per heavy atom. The number of ether oxygens (including phenoxy) is 10. The molecule has 4 bridgehead atoms. The first-order chi connectivity index (χ1) is 55.0. The number of nitrogen functional groups attached to an aromatic ring is 3. The number of carbonyl (C=O) groups excluding carboxylic acids is 5. The standard InChI is InChI=1S/C30H37N5O8.C26H30N4O6.C25H27N5O5/c1-30(2,3)43-29(39)35(4)13-14-40-15-16-41-17-18-42-24-8-6-5-7-22(24)34-27(36)25-26(31)32-19-23(33-25)20-9-11-21(12-10-20)28(37)38;1-2-3-12-34-13-14-35-15-16-36-22-7-5-4-6-20(22)30-25(31)23-24(27)28-17-21(29-23)18-8-10-19(11-9-18)26(32)33;1-30-10-11-33-12-13-34-14-15-35-21-5-3-2-4-19(21)29-24(31)22-23(26)27-16-20(28-22)17-6-8-18(9-7-17)25(30)32/h5-12,19H,13-18H2,1-4H3,(H2,31,32)(H,34,36)(H,37,38);4-11,17H,2-3,12-16H2,1H3,(H2,27,28)(H,30,31)(H,32,33);2-9,16H,10-15H2,1H3,(H2,26,27)(H,29,31). The molecule has 3 aromatic heterocycles. The van der Waals surface area contributed by atoms with E-state index >= 15 is 0 Å². The molecule has 33 nitrogen and oxygen atoms in total. The van der Waals surface area contributed by atoms with Crippen LogP contribution in [0, 0.1) is 0 Å². The van der Waals surface area contributed by atoms with Gasteiger partial charge in [-0.25, -0.2) is 44.3 Å². The van der Waals surface area contributed by atoms with Crippen LogP contribution in [-0.4, -0.2) is 223 Å². The number of carboxylic acid groups (broad SMARTS) is 2. The molecule has 0 atom stereocenters. The quantitative estimate of drug-likeness (QED) is 0.0167. The number of carboxylic acids is 2. The van der Waals surface area contributed by atoms with E-state index in [0.29, 0.717) is 159 Å². The predicted octanol–water partition coefficient (Wildman–Crippen LogP) is 10.3. The lowest BCUT2D eigenvalue weighted by molar-refractivity contribution is 0.0134. The first-order valence-corrected chi connectivity index (χ1v) is 36.4. The van der Waals surface area contributed by atoms with E-state index in [4.69, 9.17) is 74.8 Å². The number of nitrogens with one attached hydrogen (secondary N) is 3. The molecule has 5 heterocycles. The van der Waals surface area contributed by atoms with Crippen molar-refractivity contribution in [1.82, 2.24) is 39.7 Å². The van der Waals surface area contributed by atoms with E-state index in [1.807, 2.05) is 26.8 Å². The van der Waals surface area contributed by atoms with Crippen molar-refractivity contribution < 1.29 is 91.1 Å². The molecule has 0 fully saturated rings. The molecule has 0 aliphatic carbocycles. The predicted molar refractivity (Wildman–Crippen MR) is 425 cm³/mol. The summed E-state index contributed by atoms with van der Waals surface area (Å²) in [4.78, 5) is 114. The number of benzene rings is 6. The van der Waals surface area contributed by atoms with Crippen molar-refractivity contribution in [3.05, 3.63) is 198 Å². The van der Waals surface area contributed by atoms with Crippen molar-refractivity contribution in [3.8, 4) is 51.0 Å². The second-order valence-corrected chi connectivity index (χ2v) is 25.9. The molecule has 11 rings (SSSR count). The van der Waals surface area contributed by atoms with Crippen LogP contribution >= 0.6 is 0 Å². The van der Waals surface area contributed by atoms with Crippen molar-refractivity contribution in [2.75, 3.05) is 159 Å². The summed E-state index contributed by atoms with van der Waals surface area (Å²) in [6, 6.07) is 40.0. The largest absolute Gasteiger partial charge is 0.489 e. The number of unbranched alkanes of at least 4 members (excludes halogenated alkanes) is 1. The lowest BCUT2D eigenvalue weighted by atomic mass is 10.1. The van der Waals surface area contributed by atoms with Crippen LogP contribution in [-0.2, 0) is 33.2 Å². The van der Waals surface area contributed by atoms with Crippen LogP contribution in [0.15, 0.2) is 164 Å². The number of nitrogens with two attached hydrogens (primary N) is 3. The number of hydrogen-bond donors (Lipinski definition) is 8. The van der Waals surface area contributed by atoms with Crippen LogP contribution in [0.25, 0.3) is 33.8 Å². The number of amides is 5. The first-order valence-electron chi connectivity index (χ1n) is 36.4. The van der Waals surface area contributed by atoms with Gasteiger partial charge in [0.1, 0.15) is 42.7 Å². The van der Waals surface area contributed by atoms with Gasteiger partial charge in [-0.1, -0.05) is 86.1 Å². The molecule has 11 N–H and O–H groups in total. The number of aromatic nitrogens is 6. The van der Waals surface area contributed by atoms with Gasteiger partial charge in [0.05, 0.1) is 137 Å². The van der Waals surface area contributed by atoms with Crippen LogP contribution in [0.5, 0.6) is 17.2 Å². The van der Waals surface area contributed by atoms with E-state index in [-0.39, 0.29) is 71.4 Å². The fraction of sp³-hybridized carbons (Fsp3) is 0.321. The van der Waals surface area contributed by atoms with Crippen LogP contribution in [0.2, 0.25) is 0 Å². The van der Waals surface area contributed by atoms with Gasteiger partial charge in [-0.15, -0.1) is 0 Å². The summed E-state index contributed by atoms with van der Waals surface area (Å²) < 4.78 is 55.8. The van der Waals surface area contributed by atoms with E-state index in [1.54, 1.807) is 134 Å². The van der Waals surface area contributed by atoms with E-state index in [2.05, 4.69) is 52.8 Å². The van der Waals surface area contributed by atoms with Gasteiger partial charge in [-0.05, 0) is 100.0 Å². The van der Waals surface area contributed by atoms with E-state index in [9.17, 15) is 33.6 Å². The minimum atomic E-state index is -1.05. The fourth-order valence-electron chi connectivity index (χ4n) is 10.1. The minimum Gasteiger partial charge on any atom is -0.489 e. The summed E-state index contributed by atoms with van der Waals surface area (Å²) in [6.07, 6.45) is 6.04. The summed E-state index contributed by atoms with van der Waals surface area (Å²) in [5.41, 5.74) is 22.3. The number of rotatable bonds is 28. The van der Waals surface area contributed by atoms with Gasteiger partial charge in [0.2, 0.25) is 0 Å². The molecule has 2 aliphatic rings. The van der Waals surface area contributed by atoms with Crippen LogP contribution in [0.1, 0.15) is 103 Å². The van der Waals surface area contributed by atoms with Gasteiger partial charge in [-0.2, -0.15) is 0 Å². The summed E-state index contributed by atoms with van der Waals surface area (Å²) in [5.74, 6) is -2.57. The zero-order chi connectivity index (χ0) is 81.8. The number of carbonyl (C=O) groups is 7. The third-order valence-electron chi connectivity index (χ3n) is 16.1. The maximum Gasteiger partial charge on any atom is 0.410 e. The highest BCUT2D eigenvalue weighted by molar-refractivity contribution is 6.08. The normalized spacial score (nSPS) is 12.4. The molecule has 6 aromatic carbocycles. The number of para-hydroxylation sites is 6. The average Bonchev–Trinajstić information content (AvgIpc) is 0.823. The number of aromatic carboxylic acids is 2. The molecule has 0 radical (unpaired) electrons. The molecule has 2 aliphatic heterocycles. The van der Waals surface area contributed by atoms with Crippen LogP contribution < -0.4 is 47.4 Å². The summed E-state index contributed by atoms with van der Waals surface area (Å²) in [6.45, 7) is 14.2. The van der Waals surface area contributed by atoms with E-state index in [0.717, 1.165) is 19.4 Å². The molecule has 9 aromatic rings. The number of nitrogens with zero attached hydrogens (tertiary/aromatic N) is 8. The topological polar surface area (TPSA) is 450 Å². The molecule has 0 unspecified atom stereocenters. The monoisotopic (exact) mass is 1570 g/mol. The lowest BCUT2D eigenvalue weighted by Crippen LogP contribution is -2.36. The Morgan fingerprint density at radius 1 is 0.535 bits per heavy atom. The van der Waals surface area contributed by atoms with Gasteiger partial charge in [0, 0.05) is 56.0 Å². The van der Waals surface area contributed by atoms with Crippen molar-refractivity contribution >= 4 is 76.2 Å². The molecular formula is C81H94N14O19. The molecule has 602 valence electrons. The summed E-state index contributed by atoms with van der Waals surface area (Å²) in [7, 11) is 3.37. The van der Waals surface area contributed by atoms with Crippen LogP contribution in [0.3, 0.4) is 0 Å². The Labute approximate surface area is 658 Å². The highest BCUT2D eigenvalue weighted by atomic mass is 16.6. The maximum absolute atomic E-state index is 13.1. The molecule has 33 heteroatoms. The van der Waals surface area contributed by atoms with Crippen LogP contribution in [0.4, 0.5) is 39.3 Å². The third-order valence-corrected chi connectivity index (χ3v) is 16.1. The smallest absolute Gasteiger partial charge is 0.410 e. The Morgan fingerprint density at radius 2 is 0.965 bits per heavy atom. The third kappa shape index (κ3) is 27.9. The maximum atomic E-state index is 13.1. The first kappa shape index (κ1) is 86.8. The van der Waals surface area contributed by atoms with Gasteiger partial charge in [-0.3, -0.25) is 19.2 Å². The van der Waals surface area contributed by atoms with Crippen molar-refractivity contribution in [1.29, 1.82) is 0 Å². The average molecular weight is 1570 g/mol. The van der Waals surface area contributed by atoms with Gasteiger partial charge >= 0.3 is 18.0 Å². The molecule has 114 heavy (non-hydrogen) atoms. The van der Waals surface area contributed by atoms with Gasteiger partial charge < -0.3 is 101 Å². The number of anilines is 6. The Balaban J connectivity index is 0.000000215. The summed E-state index contributed by atoms with van der Waals surface area (Å²) in [5, 5.41) is 26.5. The highest BCUT2D eigenvalue weighted by Crippen LogP contribution is 2.30. The molecule has 5 amide bonds. The fourth-order valence-corrected chi connectivity index (χ4v) is 10.1. The lowest BCUT2D eigenvalue weighted by Gasteiger charge is -2.24. The van der Waals surface area contributed by atoms with Crippen molar-refractivity contribution in [2.45, 2.75) is 46.1 Å². The number of likely N-dealkylation sites (N-methyl/N-ethyl adjacent to an activating group) is 2. The molecule has 0 saturated heterocycles. The zero-order valence-electron chi connectivity index (χ0n) is 64.2. The zero-order valence-corrected chi connectivity index (χ0v) is 64.2. The van der Waals surface area contributed by atoms with Crippen molar-refractivity contribution in [2.24, 2.45) is 0 Å². The van der Waals surface area contributed by atoms with E-state index in [1.165, 1.54) is 47.8 Å². The van der Waals surface area contributed by atoms with Crippen molar-refractivity contribution in [3.63, 3.8) is 0 Å². The SMILES string of the molecule is CCCCOCCOCCOc1ccccc1NC(=O)c1nc(-c2ccc(C(=O)O)cc2)cnc1N.CN(CCOCCOCCOc1ccccc1NC(=O)c1nc(-c2ccc(C(=O)O)cc2)cnc1N)C(=O)OC(C)(C)C.CN1CCOCCOCCOc2ccccc2NC(=O)c2nc(cnc2N)-c2ccc(cc2)C1=O. The number of fused-ring (bicyclic) bond motifs is 13. The number of hydrogen-bond acceptors (Lipinski definition) is 26. The Kier molecular flexibility index (Phi) is 34.2. The van der Waals surface area contributed by atoms with E-state index < -0.39 is 41.4 Å². The second-order valence-electron chi connectivity index (χ2n) is 25.9. The Bertz CT molecular complexity index is 4650. The second kappa shape index (κ2) is 44.9. The van der Waals surface area contributed by atoms with Gasteiger partial charge in [0.15, 0.2) is 34.5 Å². The minimum absolute atomic E-state index is 0.00291. The molecular weight excluding hydrogens is 1470 g/mol. The van der Waals surface area contributed by atoms with Gasteiger partial charge in [0.25, 0.3) is 23.6 Å². The molecule has 0 spiro atoms. The Hall–Kier alpha value is -12.8. The highest BCUT2D eigenvalue weighted by Gasteiger charge is 2.23. The molecule has 0 saturated carbocycles. The summed E-state index contributed by atoms with van der Waals surface area (Å²) >= 11 is 0.